The van der Waals surface area contributed by atoms with Crippen molar-refractivity contribution in [3.63, 3.8) is 0 Å². The van der Waals surface area contributed by atoms with Crippen LogP contribution in [0.3, 0.4) is 0 Å². The summed E-state index contributed by atoms with van der Waals surface area (Å²) in [4.78, 5) is 4.32. The maximum Gasteiger partial charge on any atom is 0.213 e. The van der Waals surface area contributed by atoms with Crippen LogP contribution in [0.2, 0.25) is 0 Å². The molecule has 0 spiro atoms. The van der Waals surface area contributed by atoms with Gasteiger partial charge in [-0.25, -0.2) is 4.98 Å². The Kier molecular flexibility index (Phi) is 5.00. The quantitative estimate of drug-likeness (QED) is 0.765. The molecule has 0 aliphatic heterocycles. The van der Waals surface area contributed by atoms with E-state index in [1.165, 1.54) is 5.56 Å². The third-order valence-electron chi connectivity index (χ3n) is 3.22. The summed E-state index contributed by atoms with van der Waals surface area (Å²) in [6.45, 7) is 15.5. The molecular formula is C17H29NO. The first-order valence-corrected chi connectivity index (χ1v) is 7.21. The van der Waals surface area contributed by atoms with Crippen LogP contribution in [0.4, 0.5) is 0 Å². The van der Waals surface area contributed by atoms with E-state index in [0.717, 1.165) is 18.7 Å². The minimum Gasteiger partial charge on any atom is -0.475 e. The molecule has 0 amide bonds. The van der Waals surface area contributed by atoms with Gasteiger partial charge in [0.25, 0.3) is 0 Å². The van der Waals surface area contributed by atoms with Gasteiger partial charge in [-0.05, 0) is 42.2 Å². The standard InChI is InChI=1S/C17H29NO/c1-13(8-10-16(2,3)4)19-15-12-14(9-11-18-15)17(5,6)7/h9,11-13H,8,10H2,1-7H3/t13-/m1/s1. The van der Waals surface area contributed by atoms with E-state index in [0.29, 0.717) is 5.41 Å². The van der Waals surface area contributed by atoms with Crippen LogP contribution in [-0.4, -0.2) is 11.1 Å². The van der Waals surface area contributed by atoms with Crippen molar-refractivity contribution in [3.05, 3.63) is 23.9 Å². The van der Waals surface area contributed by atoms with Gasteiger partial charge in [0.05, 0.1) is 6.10 Å². The lowest BCUT2D eigenvalue weighted by atomic mass is 9.88. The Labute approximate surface area is 118 Å². The highest BCUT2D eigenvalue weighted by molar-refractivity contribution is 5.26. The van der Waals surface area contributed by atoms with Crippen LogP contribution in [0.15, 0.2) is 18.3 Å². The van der Waals surface area contributed by atoms with E-state index in [1.807, 2.05) is 6.20 Å². The Morgan fingerprint density at radius 2 is 1.79 bits per heavy atom. The zero-order chi connectivity index (χ0) is 14.7. The van der Waals surface area contributed by atoms with Crippen molar-refractivity contribution in [2.45, 2.75) is 72.8 Å². The molecule has 1 atom stereocenters. The number of ether oxygens (including phenoxy) is 1. The summed E-state index contributed by atoms with van der Waals surface area (Å²) >= 11 is 0. The molecule has 0 aliphatic carbocycles. The van der Waals surface area contributed by atoms with Gasteiger partial charge in [0, 0.05) is 12.3 Å². The van der Waals surface area contributed by atoms with Crippen molar-refractivity contribution in [3.8, 4) is 5.88 Å². The molecule has 0 aromatic carbocycles. The molecule has 0 bridgehead atoms. The van der Waals surface area contributed by atoms with Gasteiger partial charge in [0.1, 0.15) is 0 Å². The lowest BCUT2D eigenvalue weighted by molar-refractivity contribution is 0.179. The maximum atomic E-state index is 5.93. The molecule has 0 unspecified atom stereocenters. The highest BCUT2D eigenvalue weighted by Crippen LogP contribution is 2.26. The fraction of sp³-hybridized carbons (Fsp3) is 0.706. The Morgan fingerprint density at radius 1 is 1.16 bits per heavy atom. The highest BCUT2D eigenvalue weighted by Gasteiger charge is 2.16. The first-order valence-electron chi connectivity index (χ1n) is 7.21. The van der Waals surface area contributed by atoms with Gasteiger partial charge >= 0.3 is 0 Å². The zero-order valence-electron chi connectivity index (χ0n) is 13.6. The van der Waals surface area contributed by atoms with Crippen LogP contribution in [0.25, 0.3) is 0 Å². The van der Waals surface area contributed by atoms with Crippen molar-refractivity contribution in [2.24, 2.45) is 5.41 Å². The largest absolute Gasteiger partial charge is 0.475 e. The van der Waals surface area contributed by atoms with Gasteiger partial charge in [-0.1, -0.05) is 41.5 Å². The van der Waals surface area contributed by atoms with Gasteiger partial charge in [-0.3, -0.25) is 0 Å². The second-order valence-corrected chi connectivity index (χ2v) is 7.66. The van der Waals surface area contributed by atoms with E-state index in [-0.39, 0.29) is 11.5 Å². The van der Waals surface area contributed by atoms with Crippen LogP contribution in [-0.2, 0) is 5.41 Å². The SMILES string of the molecule is C[C@H](CCC(C)(C)C)Oc1cc(C(C)(C)C)ccn1. The van der Waals surface area contributed by atoms with Crippen molar-refractivity contribution < 1.29 is 4.74 Å². The molecule has 0 N–H and O–H groups in total. The summed E-state index contributed by atoms with van der Waals surface area (Å²) in [5.74, 6) is 0.744. The molecule has 2 heteroatoms. The van der Waals surface area contributed by atoms with Gasteiger partial charge in [-0.2, -0.15) is 0 Å². The van der Waals surface area contributed by atoms with E-state index in [4.69, 9.17) is 4.74 Å². The Balaban J connectivity index is 2.62. The molecule has 1 aromatic rings. The van der Waals surface area contributed by atoms with Crippen molar-refractivity contribution in [1.29, 1.82) is 0 Å². The fourth-order valence-electron chi connectivity index (χ4n) is 1.84. The normalized spacial score (nSPS) is 14.3. The lowest BCUT2D eigenvalue weighted by Gasteiger charge is -2.23. The van der Waals surface area contributed by atoms with E-state index in [2.05, 4.69) is 65.6 Å². The molecule has 1 rings (SSSR count). The molecule has 1 aromatic heterocycles. The number of pyridine rings is 1. The maximum absolute atomic E-state index is 5.93. The summed E-state index contributed by atoms with van der Waals surface area (Å²) in [6, 6.07) is 4.13. The summed E-state index contributed by atoms with van der Waals surface area (Å²) in [5, 5.41) is 0. The van der Waals surface area contributed by atoms with Gasteiger partial charge in [-0.15, -0.1) is 0 Å². The summed E-state index contributed by atoms with van der Waals surface area (Å²) in [6.07, 6.45) is 4.27. The topological polar surface area (TPSA) is 22.1 Å². The van der Waals surface area contributed by atoms with Crippen molar-refractivity contribution in [1.82, 2.24) is 4.98 Å². The Morgan fingerprint density at radius 3 is 2.32 bits per heavy atom. The molecule has 19 heavy (non-hydrogen) atoms. The lowest BCUT2D eigenvalue weighted by Crippen LogP contribution is -2.17. The highest BCUT2D eigenvalue weighted by atomic mass is 16.5. The summed E-state index contributed by atoms with van der Waals surface area (Å²) in [7, 11) is 0. The van der Waals surface area contributed by atoms with Crippen LogP contribution in [0, 0.1) is 5.41 Å². The average Bonchev–Trinajstić information content (AvgIpc) is 2.25. The van der Waals surface area contributed by atoms with Crippen LogP contribution in [0.5, 0.6) is 5.88 Å². The molecular weight excluding hydrogens is 234 g/mol. The average molecular weight is 263 g/mol. The molecule has 0 fully saturated rings. The smallest absolute Gasteiger partial charge is 0.213 e. The first kappa shape index (κ1) is 16.0. The van der Waals surface area contributed by atoms with Crippen molar-refractivity contribution >= 4 is 0 Å². The first-order chi connectivity index (χ1) is 8.58. The number of rotatable bonds is 4. The van der Waals surface area contributed by atoms with E-state index in [1.54, 1.807) is 0 Å². The van der Waals surface area contributed by atoms with Crippen LogP contribution < -0.4 is 4.74 Å². The van der Waals surface area contributed by atoms with Gasteiger partial charge in [0.2, 0.25) is 5.88 Å². The summed E-state index contributed by atoms with van der Waals surface area (Å²) in [5.41, 5.74) is 1.76. The molecule has 0 aliphatic rings. The van der Waals surface area contributed by atoms with Gasteiger partial charge < -0.3 is 4.74 Å². The minimum absolute atomic E-state index is 0.135. The molecule has 0 saturated heterocycles. The zero-order valence-corrected chi connectivity index (χ0v) is 13.6. The monoisotopic (exact) mass is 263 g/mol. The van der Waals surface area contributed by atoms with Crippen LogP contribution >= 0.6 is 0 Å². The number of hydrogen-bond donors (Lipinski definition) is 0. The molecule has 0 saturated carbocycles. The van der Waals surface area contributed by atoms with Crippen LogP contribution in [0.1, 0.15) is 66.9 Å². The predicted octanol–water partition coefficient (Wildman–Crippen LogP) is 4.97. The Hall–Kier alpha value is -1.05. The second-order valence-electron chi connectivity index (χ2n) is 7.66. The number of nitrogens with zero attached hydrogens (tertiary/aromatic N) is 1. The third-order valence-corrected chi connectivity index (χ3v) is 3.22. The number of hydrogen-bond acceptors (Lipinski definition) is 2. The second kappa shape index (κ2) is 5.94. The Bertz CT molecular complexity index is 398. The minimum atomic E-state index is 0.135. The van der Waals surface area contributed by atoms with E-state index < -0.39 is 0 Å². The third kappa shape index (κ3) is 6.09. The van der Waals surface area contributed by atoms with Gasteiger partial charge in [0.15, 0.2) is 0 Å². The summed E-state index contributed by atoms with van der Waals surface area (Å²) < 4.78 is 5.93. The molecule has 0 radical (unpaired) electrons. The van der Waals surface area contributed by atoms with E-state index in [9.17, 15) is 0 Å². The van der Waals surface area contributed by atoms with E-state index >= 15 is 0 Å². The fourth-order valence-corrected chi connectivity index (χ4v) is 1.84. The molecule has 1 heterocycles. The molecule has 108 valence electrons. The number of aromatic nitrogens is 1. The molecule has 2 nitrogen and oxygen atoms in total. The van der Waals surface area contributed by atoms with Crippen molar-refractivity contribution in [2.75, 3.05) is 0 Å². The predicted molar refractivity (Wildman–Crippen MR) is 81.7 cm³/mol.